The first-order chi connectivity index (χ1) is 9.47. The lowest BCUT2D eigenvalue weighted by atomic mass is 10.0. The molecule has 1 aliphatic rings. The van der Waals surface area contributed by atoms with E-state index in [1.165, 1.54) is 42.9 Å². The van der Waals surface area contributed by atoms with Gasteiger partial charge in [0.25, 0.3) is 0 Å². The molecule has 1 saturated heterocycles. The molecule has 4 heteroatoms. The molecule has 0 unspecified atom stereocenters. The van der Waals surface area contributed by atoms with Gasteiger partial charge >= 0.3 is 0 Å². The van der Waals surface area contributed by atoms with Crippen LogP contribution in [0.3, 0.4) is 0 Å². The molecule has 2 heterocycles. The minimum atomic E-state index is 0.583. The van der Waals surface area contributed by atoms with E-state index >= 15 is 0 Å². The molecule has 2 rings (SSSR count). The second kappa shape index (κ2) is 6.44. The van der Waals surface area contributed by atoms with Gasteiger partial charge in [0.15, 0.2) is 0 Å². The zero-order chi connectivity index (χ0) is 14.7. The van der Waals surface area contributed by atoms with Crippen LogP contribution in [0, 0.1) is 13.8 Å². The number of nitrogens with one attached hydrogen (secondary N) is 1. The first kappa shape index (κ1) is 15.1. The Bertz CT molecular complexity index is 475. The molecule has 0 aliphatic carbocycles. The lowest BCUT2D eigenvalue weighted by molar-refractivity contribution is 0.240. The fraction of sp³-hybridized carbons (Fsp3) is 0.688. The predicted molar refractivity (Wildman–Crippen MR) is 85.2 cm³/mol. The standard InChI is InChI=1S/C16H28N4/c1-12(2)6-9-20-10-7-15(8-11-20)17-16-13(3)18-19(5)14(16)4/h6,15,17H,7-11H2,1-5H3. The van der Waals surface area contributed by atoms with E-state index in [1.807, 2.05) is 11.7 Å². The smallest absolute Gasteiger partial charge is 0.0827 e. The minimum Gasteiger partial charge on any atom is -0.379 e. The molecule has 0 amide bonds. The van der Waals surface area contributed by atoms with Crippen molar-refractivity contribution < 1.29 is 0 Å². The molecule has 1 aliphatic heterocycles. The van der Waals surface area contributed by atoms with E-state index in [1.54, 1.807) is 0 Å². The third-order valence-electron chi connectivity index (χ3n) is 4.20. The molecule has 1 aromatic rings. The molecule has 0 saturated carbocycles. The van der Waals surface area contributed by atoms with Crippen LogP contribution in [0.4, 0.5) is 5.69 Å². The van der Waals surface area contributed by atoms with E-state index in [-0.39, 0.29) is 0 Å². The summed E-state index contributed by atoms with van der Waals surface area (Å²) < 4.78 is 1.96. The van der Waals surface area contributed by atoms with E-state index in [4.69, 9.17) is 0 Å². The summed E-state index contributed by atoms with van der Waals surface area (Å²) in [4.78, 5) is 2.54. The number of aryl methyl sites for hydroxylation is 2. The van der Waals surface area contributed by atoms with Gasteiger partial charge in [0.2, 0.25) is 0 Å². The molecule has 1 N–H and O–H groups in total. The van der Waals surface area contributed by atoms with Gasteiger partial charge in [0.05, 0.1) is 17.1 Å². The molecule has 0 radical (unpaired) electrons. The SMILES string of the molecule is CC(C)=CCN1CCC(Nc2c(C)nn(C)c2C)CC1. The normalized spacial score (nSPS) is 17.2. The highest BCUT2D eigenvalue weighted by Gasteiger charge is 2.20. The predicted octanol–water partition coefficient (Wildman–Crippen LogP) is 2.88. The maximum atomic E-state index is 4.48. The summed E-state index contributed by atoms with van der Waals surface area (Å²) in [6, 6.07) is 0.583. The zero-order valence-electron chi connectivity index (χ0n) is 13.5. The second-order valence-electron chi connectivity index (χ2n) is 6.17. The van der Waals surface area contributed by atoms with Crippen molar-refractivity contribution in [2.24, 2.45) is 7.05 Å². The highest BCUT2D eigenvalue weighted by atomic mass is 15.3. The van der Waals surface area contributed by atoms with Crippen LogP contribution in [-0.2, 0) is 7.05 Å². The Morgan fingerprint density at radius 1 is 1.30 bits per heavy atom. The van der Waals surface area contributed by atoms with Crippen molar-refractivity contribution in [1.82, 2.24) is 14.7 Å². The molecule has 0 atom stereocenters. The highest BCUT2D eigenvalue weighted by Crippen LogP contribution is 2.22. The van der Waals surface area contributed by atoms with Crippen LogP contribution < -0.4 is 5.32 Å². The Morgan fingerprint density at radius 3 is 2.45 bits per heavy atom. The minimum absolute atomic E-state index is 0.583. The van der Waals surface area contributed by atoms with E-state index < -0.39 is 0 Å². The zero-order valence-corrected chi connectivity index (χ0v) is 13.5. The van der Waals surface area contributed by atoms with Gasteiger partial charge in [-0.1, -0.05) is 11.6 Å². The number of piperidine rings is 1. The lowest BCUT2D eigenvalue weighted by Gasteiger charge is -2.32. The number of aromatic nitrogens is 2. The Kier molecular flexibility index (Phi) is 4.86. The van der Waals surface area contributed by atoms with Gasteiger partial charge in [0, 0.05) is 32.7 Å². The lowest BCUT2D eigenvalue weighted by Crippen LogP contribution is -2.39. The molecule has 1 fully saturated rings. The summed E-state index contributed by atoms with van der Waals surface area (Å²) in [5.74, 6) is 0. The van der Waals surface area contributed by atoms with Crippen molar-refractivity contribution in [3.05, 3.63) is 23.0 Å². The summed E-state index contributed by atoms with van der Waals surface area (Å²) in [7, 11) is 2.01. The third kappa shape index (κ3) is 3.63. The van der Waals surface area contributed by atoms with Crippen LogP contribution in [0.25, 0.3) is 0 Å². The van der Waals surface area contributed by atoms with Gasteiger partial charge in [-0.05, 0) is 40.5 Å². The average molecular weight is 276 g/mol. The summed E-state index contributed by atoms with van der Waals surface area (Å²) in [6.45, 7) is 12.0. The molecule has 0 aromatic carbocycles. The number of hydrogen-bond donors (Lipinski definition) is 1. The number of rotatable bonds is 4. The van der Waals surface area contributed by atoms with Gasteiger partial charge < -0.3 is 5.32 Å². The number of hydrogen-bond acceptors (Lipinski definition) is 3. The van der Waals surface area contributed by atoms with Crippen molar-refractivity contribution in [2.75, 3.05) is 25.0 Å². The van der Waals surface area contributed by atoms with Gasteiger partial charge in [-0.3, -0.25) is 9.58 Å². The average Bonchev–Trinajstić information content (AvgIpc) is 2.64. The van der Waals surface area contributed by atoms with E-state index in [2.05, 4.69) is 49.1 Å². The number of nitrogens with zero attached hydrogens (tertiary/aromatic N) is 3. The molecular formula is C16H28N4. The Hall–Kier alpha value is -1.29. The molecule has 0 bridgehead atoms. The van der Waals surface area contributed by atoms with Crippen molar-refractivity contribution >= 4 is 5.69 Å². The van der Waals surface area contributed by atoms with Crippen molar-refractivity contribution in [3.63, 3.8) is 0 Å². The maximum Gasteiger partial charge on any atom is 0.0827 e. The van der Waals surface area contributed by atoms with E-state index in [0.717, 1.165) is 12.2 Å². The third-order valence-corrected chi connectivity index (χ3v) is 4.20. The Balaban J connectivity index is 1.87. The molecule has 1 aromatic heterocycles. The first-order valence-corrected chi connectivity index (χ1v) is 7.60. The maximum absolute atomic E-state index is 4.48. The van der Waals surface area contributed by atoms with Gasteiger partial charge in [0.1, 0.15) is 0 Å². The summed E-state index contributed by atoms with van der Waals surface area (Å²) >= 11 is 0. The second-order valence-corrected chi connectivity index (χ2v) is 6.17. The van der Waals surface area contributed by atoms with Gasteiger partial charge in [-0.2, -0.15) is 5.10 Å². The van der Waals surface area contributed by atoms with Crippen LogP contribution in [0.5, 0.6) is 0 Å². The number of likely N-dealkylation sites (tertiary alicyclic amines) is 1. The largest absolute Gasteiger partial charge is 0.379 e. The van der Waals surface area contributed by atoms with Crippen LogP contribution in [-0.4, -0.2) is 40.4 Å². The van der Waals surface area contributed by atoms with Crippen LogP contribution in [0.2, 0.25) is 0 Å². The quantitative estimate of drug-likeness (QED) is 0.858. The number of allylic oxidation sites excluding steroid dienone is 1. The summed E-state index contributed by atoms with van der Waals surface area (Å²) in [5.41, 5.74) is 4.98. The number of anilines is 1. The van der Waals surface area contributed by atoms with Crippen LogP contribution in [0.15, 0.2) is 11.6 Å². The fourth-order valence-electron chi connectivity index (χ4n) is 2.76. The molecule has 20 heavy (non-hydrogen) atoms. The van der Waals surface area contributed by atoms with E-state index in [0.29, 0.717) is 6.04 Å². The van der Waals surface area contributed by atoms with Gasteiger partial charge in [-0.25, -0.2) is 0 Å². The molecule has 0 spiro atoms. The Labute approximate surface area is 122 Å². The Morgan fingerprint density at radius 2 is 1.95 bits per heavy atom. The monoisotopic (exact) mass is 276 g/mol. The molecule has 112 valence electrons. The molecular weight excluding hydrogens is 248 g/mol. The van der Waals surface area contributed by atoms with Crippen LogP contribution in [0.1, 0.15) is 38.1 Å². The summed E-state index contributed by atoms with van der Waals surface area (Å²) in [5, 5.41) is 8.17. The van der Waals surface area contributed by atoms with E-state index in [9.17, 15) is 0 Å². The van der Waals surface area contributed by atoms with Crippen LogP contribution >= 0.6 is 0 Å². The van der Waals surface area contributed by atoms with Crippen molar-refractivity contribution in [3.8, 4) is 0 Å². The first-order valence-electron chi connectivity index (χ1n) is 7.60. The van der Waals surface area contributed by atoms with Crippen molar-refractivity contribution in [2.45, 2.75) is 46.6 Å². The van der Waals surface area contributed by atoms with Gasteiger partial charge in [-0.15, -0.1) is 0 Å². The molecule has 4 nitrogen and oxygen atoms in total. The topological polar surface area (TPSA) is 33.1 Å². The van der Waals surface area contributed by atoms with Crippen molar-refractivity contribution in [1.29, 1.82) is 0 Å². The highest BCUT2D eigenvalue weighted by molar-refractivity contribution is 5.52. The fourth-order valence-corrected chi connectivity index (χ4v) is 2.76. The summed E-state index contributed by atoms with van der Waals surface area (Å²) in [6.07, 6.45) is 4.75.